The number of phenolic OH excluding ortho intramolecular Hbond substituents is 1. The SMILES string of the molecule is O=C(O)c1ccc(CBr)c(O)c1. The highest BCUT2D eigenvalue weighted by atomic mass is 79.9. The maximum atomic E-state index is 10.4. The van der Waals surface area contributed by atoms with Crippen molar-refractivity contribution in [2.75, 3.05) is 0 Å². The predicted molar refractivity (Wildman–Crippen MR) is 47.7 cm³/mol. The normalized spacial score (nSPS) is 9.75. The van der Waals surface area contributed by atoms with Crippen LogP contribution in [-0.2, 0) is 5.33 Å². The molecule has 0 atom stereocenters. The topological polar surface area (TPSA) is 57.5 Å². The molecule has 1 aromatic carbocycles. The van der Waals surface area contributed by atoms with E-state index in [4.69, 9.17) is 5.11 Å². The standard InChI is InChI=1S/C8H7BrO3/c9-4-6-2-1-5(8(11)12)3-7(6)10/h1-3,10H,4H2,(H,11,12). The summed E-state index contributed by atoms with van der Waals surface area (Å²) < 4.78 is 0. The Morgan fingerprint density at radius 1 is 1.50 bits per heavy atom. The minimum absolute atomic E-state index is 0.00627. The van der Waals surface area contributed by atoms with Gasteiger partial charge in [0.2, 0.25) is 0 Å². The molecule has 1 rings (SSSR count). The highest BCUT2D eigenvalue weighted by Gasteiger charge is 2.05. The molecular weight excluding hydrogens is 224 g/mol. The molecule has 0 heterocycles. The molecule has 0 saturated heterocycles. The Bertz CT molecular complexity index is 309. The number of benzene rings is 1. The number of aromatic carboxylic acids is 1. The van der Waals surface area contributed by atoms with Gasteiger partial charge in [-0.1, -0.05) is 22.0 Å². The van der Waals surface area contributed by atoms with Crippen molar-refractivity contribution in [1.29, 1.82) is 0 Å². The third-order valence-corrected chi connectivity index (χ3v) is 2.08. The summed E-state index contributed by atoms with van der Waals surface area (Å²) >= 11 is 3.16. The Morgan fingerprint density at radius 2 is 2.17 bits per heavy atom. The minimum atomic E-state index is -1.04. The summed E-state index contributed by atoms with van der Waals surface area (Å²) in [4.78, 5) is 10.4. The highest BCUT2D eigenvalue weighted by molar-refractivity contribution is 9.08. The van der Waals surface area contributed by atoms with Crippen LogP contribution in [0.1, 0.15) is 15.9 Å². The van der Waals surface area contributed by atoms with Crippen LogP contribution in [0.3, 0.4) is 0 Å². The molecule has 0 saturated carbocycles. The maximum Gasteiger partial charge on any atom is 0.335 e. The number of phenols is 1. The van der Waals surface area contributed by atoms with Crippen molar-refractivity contribution in [2.24, 2.45) is 0 Å². The van der Waals surface area contributed by atoms with Gasteiger partial charge in [0, 0.05) is 10.9 Å². The number of carbonyl (C=O) groups is 1. The lowest BCUT2D eigenvalue weighted by atomic mass is 10.1. The van der Waals surface area contributed by atoms with E-state index in [2.05, 4.69) is 15.9 Å². The fourth-order valence-corrected chi connectivity index (χ4v) is 1.28. The summed E-state index contributed by atoms with van der Waals surface area (Å²) in [6.45, 7) is 0. The lowest BCUT2D eigenvalue weighted by molar-refractivity contribution is 0.0696. The zero-order valence-electron chi connectivity index (χ0n) is 6.12. The Morgan fingerprint density at radius 3 is 2.58 bits per heavy atom. The zero-order valence-corrected chi connectivity index (χ0v) is 7.71. The van der Waals surface area contributed by atoms with E-state index in [-0.39, 0.29) is 11.3 Å². The summed E-state index contributed by atoms with van der Waals surface area (Å²) in [5, 5.41) is 18.3. The lowest BCUT2D eigenvalue weighted by Gasteiger charge is -2.00. The van der Waals surface area contributed by atoms with Crippen molar-refractivity contribution in [2.45, 2.75) is 5.33 Å². The maximum absolute atomic E-state index is 10.4. The number of aromatic hydroxyl groups is 1. The van der Waals surface area contributed by atoms with Crippen LogP contribution in [0.4, 0.5) is 0 Å². The molecule has 0 fully saturated rings. The van der Waals surface area contributed by atoms with Crippen LogP contribution in [0.15, 0.2) is 18.2 Å². The van der Waals surface area contributed by atoms with Gasteiger partial charge in [-0.2, -0.15) is 0 Å². The molecule has 0 radical (unpaired) electrons. The van der Waals surface area contributed by atoms with E-state index in [1.165, 1.54) is 12.1 Å². The van der Waals surface area contributed by atoms with Gasteiger partial charge in [0.25, 0.3) is 0 Å². The molecule has 0 aliphatic carbocycles. The first-order valence-electron chi connectivity index (χ1n) is 3.26. The van der Waals surface area contributed by atoms with E-state index in [1.54, 1.807) is 6.07 Å². The molecule has 3 nitrogen and oxygen atoms in total. The monoisotopic (exact) mass is 230 g/mol. The van der Waals surface area contributed by atoms with Crippen LogP contribution in [0.5, 0.6) is 5.75 Å². The molecule has 4 heteroatoms. The molecule has 12 heavy (non-hydrogen) atoms. The van der Waals surface area contributed by atoms with Gasteiger partial charge >= 0.3 is 5.97 Å². The quantitative estimate of drug-likeness (QED) is 0.765. The average molecular weight is 231 g/mol. The van der Waals surface area contributed by atoms with Crippen LogP contribution in [0.2, 0.25) is 0 Å². The van der Waals surface area contributed by atoms with Gasteiger partial charge in [-0.3, -0.25) is 0 Å². The minimum Gasteiger partial charge on any atom is -0.508 e. The van der Waals surface area contributed by atoms with Crippen molar-refractivity contribution >= 4 is 21.9 Å². The molecule has 2 N–H and O–H groups in total. The number of hydrogen-bond donors (Lipinski definition) is 2. The Labute approximate surface area is 77.8 Å². The largest absolute Gasteiger partial charge is 0.508 e. The first kappa shape index (κ1) is 9.06. The van der Waals surface area contributed by atoms with Crippen molar-refractivity contribution in [3.05, 3.63) is 29.3 Å². The fourth-order valence-electron chi connectivity index (χ4n) is 0.810. The first-order chi connectivity index (χ1) is 5.65. The molecule has 0 amide bonds. The predicted octanol–water partition coefficient (Wildman–Crippen LogP) is 1.99. The zero-order chi connectivity index (χ0) is 9.14. The van der Waals surface area contributed by atoms with Gasteiger partial charge in [-0.05, 0) is 12.1 Å². The second-order valence-electron chi connectivity index (χ2n) is 2.28. The average Bonchev–Trinajstić information content (AvgIpc) is 2.04. The van der Waals surface area contributed by atoms with Crippen molar-refractivity contribution in [3.63, 3.8) is 0 Å². The van der Waals surface area contributed by atoms with E-state index in [9.17, 15) is 9.90 Å². The molecule has 0 aromatic heterocycles. The second-order valence-corrected chi connectivity index (χ2v) is 2.84. The van der Waals surface area contributed by atoms with Gasteiger partial charge in [-0.25, -0.2) is 4.79 Å². The number of hydrogen-bond acceptors (Lipinski definition) is 2. The van der Waals surface area contributed by atoms with E-state index >= 15 is 0 Å². The Balaban J connectivity index is 3.10. The summed E-state index contributed by atoms with van der Waals surface area (Å²) in [6.07, 6.45) is 0. The molecular formula is C8H7BrO3. The Hall–Kier alpha value is -1.03. The first-order valence-corrected chi connectivity index (χ1v) is 4.38. The number of carboxylic acid groups (broad SMARTS) is 1. The number of rotatable bonds is 2. The van der Waals surface area contributed by atoms with Crippen LogP contribution < -0.4 is 0 Å². The molecule has 0 aliphatic heterocycles. The van der Waals surface area contributed by atoms with Gasteiger partial charge in [-0.15, -0.1) is 0 Å². The van der Waals surface area contributed by atoms with Crippen LogP contribution in [0, 0.1) is 0 Å². The van der Waals surface area contributed by atoms with Gasteiger partial charge in [0.05, 0.1) is 5.56 Å². The Kier molecular flexibility index (Phi) is 2.70. The summed E-state index contributed by atoms with van der Waals surface area (Å²) in [7, 11) is 0. The molecule has 0 aliphatic rings. The third-order valence-electron chi connectivity index (χ3n) is 1.48. The highest BCUT2D eigenvalue weighted by Crippen LogP contribution is 2.20. The second kappa shape index (κ2) is 3.58. The fraction of sp³-hybridized carbons (Fsp3) is 0.125. The van der Waals surface area contributed by atoms with Crippen LogP contribution in [-0.4, -0.2) is 16.2 Å². The van der Waals surface area contributed by atoms with E-state index < -0.39 is 5.97 Å². The number of halogens is 1. The molecule has 1 aromatic rings. The van der Waals surface area contributed by atoms with Crippen molar-refractivity contribution < 1.29 is 15.0 Å². The third kappa shape index (κ3) is 1.76. The lowest BCUT2D eigenvalue weighted by Crippen LogP contribution is -1.95. The summed E-state index contributed by atoms with van der Waals surface area (Å²) in [6, 6.07) is 4.27. The smallest absolute Gasteiger partial charge is 0.335 e. The molecule has 64 valence electrons. The summed E-state index contributed by atoms with van der Waals surface area (Å²) in [5.41, 5.74) is 0.775. The van der Waals surface area contributed by atoms with Crippen molar-refractivity contribution in [3.8, 4) is 5.75 Å². The molecule has 0 bridgehead atoms. The van der Waals surface area contributed by atoms with E-state index in [0.717, 1.165) is 0 Å². The van der Waals surface area contributed by atoms with Crippen molar-refractivity contribution in [1.82, 2.24) is 0 Å². The molecule has 0 unspecified atom stereocenters. The van der Waals surface area contributed by atoms with Crippen LogP contribution in [0.25, 0.3) is 0 Å². The number of alkyl halides is 1. The summed E-state index contributed by atoms with van der Waals surface area (Å²) in [5.74, 6) is -1.03. The van der Waals surface area contributed by atoms with E-state index in [0.29, 0.717) is 10.9 Å². The van der Waals surface area contributed by atoms with E-state index in [1.807, 2.05) is 0 Å². The van der Waals surface area contributed by atoms with Crippen LogP contribution >= 0.6 is 15.9 Å². The number of carboxylic acids is 1. The van der Waals surface area contributed by atoms with Gasteiger partial charge in [0.1, 0.15) is 5.75 Å². The van der Waals surface area contributed by atoms with Gasteiger partial charge in [0.15, 0.2) is 0 Å². The van der Waals surface area contributed by atoms with Gasteiger partial charge < -0.3 is 10.2 Å². The molecule has 0 spiro atoms.